The third kappa shape index (κ3) is 3.83. The van der Waals surface area contributed by atoms with Gasteiger partial charge in [0.25, 0.3) is 0 Å². The highest BCUT2D eigenvalue weighted by Gasteiger charge is 2.44. The molecule has 0 spiro atoms. The Morgan fingerprint density at radius 3 is 2.43 bits per heavy atom. The van der Waals surface area contributed by atoms with E-state index < -0.39 is 0 Å². The number of nitrogens with one attached hydrogen (secondary N) is 2. The van der Waals surface area contributed by atoms with Crippen LogP contribution in [0, 0.1) is 11.7 Å². The number of rotatable bonds is 5. The first-order chi connectivity index (χ1) is 17.2. The summed E-state index contributed by atoms with van der Waals surface area (Å²) < 4.78 is 37.4. The molecule has 0 aromatic heterocycles. The van der Waals surface area contributed by atoms with E-state index in [2.05, 4.69) is 27.9 Å². The first-order valence-electron chi connectivity index (χ1n) is 11.8. The van der Waals surface area contributed by atoms with E-state index in [1.54, 1.807) is 20.3 Å². The first kappa shape index (κ1) is 22.0. The average Bonchev–Trinajstić information content (AvgIpc) is 3.32. The van der Waals surface area contributed by atoms with E-state index in [4.69, 9.17) is 18.9 Å². The molecular weight excluding hydrogens is 449 g/mol. The van der Waals surface area contributed by atoms with Gasteiger partial charge in [-0.3, -0.25) is 0 Å². The van der Waals surface area contributed by atoms with Gasteiger partial charge in [-0.15, -0.1) is 0 Å². The summed E-state index contributed by atoms with van der Waals surface area (Å²) in [5.41, 5.74) is 10.9. The number of benzene rings is 3. The number of ether oxygens (including phenoxy) is 4. The van der Waals surface area contributed by atoms with Gasteiger partial charge in [0.1, 0.15) is 19.0 Å². The molecule has 3 aromatic rings. The topological polar surface area (TPSA) is 64.2 Å². The highest BCUT2D eigenvalue weighted by atomic mass is 19.1. The van der Waals surface area contributed by atoms with Crippen molar-refractivity contribution >= 4 is 5.69 Å². The third-order valence-corrected chi connectivity index (χ3v) is 7.13. The van der Waals surface area contributed by atoms with Crippen molar-refractivity contribution in [2.75, 3.05) is 38.9 Å². The van der Waals surface area contributed by atoms with Crippen LogP contribution in [0.2, 0.25) is 0 Å². The monoisotopic (exact) mass is 477 g/mol. The summed E-state index contributed by atoms with van der Waals surface area (Å²) in [6.07, 6.45) is 0. The van der Waals surface area contributed by atoms with E-state index in [-0.39, 0.29) is 23.8 Å². The second-order valence-corrected chi connectivity index (χ2v) is 9.05. The molecule has 35 heavy (non-hydrogen) atoms. The molecule has 3 atom stereocenters. The Morgan fingerprint density at radius 1 is 0.914 bits per heavy atom. The van der Waals surface area contributed by atoms with E-state index in [1.165, 1.54) is 6.07 Å². The number of hydrogen-bond donors (Lipinski definition) is 2. The van der Waals surface area contributed by atoms with Crippen molar-refractivity contribution in [3.8, 4) is 23.0 Å². The zero-order chi connectivity index (χ0) is 23.9. The highest BCUT2D eigenvalue weighted by Crippen LogP contribution is 2.50. The Morgan fingerprint density at radius 2 is 1.66 bits per heavy atom. The molecule has 3 aliphatic heterocycles. The van der Waals surface area contributed by atoms with E-state index in [9.17, 15) is 4.39 Å². The Labute approximate surface area is 203 Å². The maximum absolute atomic E-state index is 14.6. The number of fused-ring (bicyclic) bond motifs is 4. The predicted molar refractivity (Wildman–Crippen MR) is 130 cm³/mol. The molecule has 3 heterocycles. The normalized spacial score (nSPS) is 22.4. The molecular formula is C27H28FN3O4. The lowest BCUT2D eigenvalue weighted by atomic mass is 9.81. The van der Waals surface area contributed by atoms with Crippen LogP contribution < -0.4 is 34.7 Å². The van der Waals surface area contributed by atoms with Crippen LogP contribution in [0.1, 0.15) is 28.8 Å². The number of hydrogen-bond acceptors (Lipinski definition) is 7. The van der Waals surface area contributed by atoms with Crippen LogP contribution in [0.5, 0.6) is 23.0 Å². The van der Waals surface area contributed by atoms with E-state index >= 15 is 0 Å². The Bertz CT molecular complexity index is 1250. The van der Waals surface area contributed by atoms with Gasteiger partial charge in [-0.05, 0) is 35.4 Å². The number of nitrogens with zero attached hydrogens (tertiary/aromatic N) is 1. The van der Waals surface area contributed by atoms with Gasteiger partial charge in [0.05, 0.1) is 26.3 Å². The van der Waals surface area contributed by atoms with Gasteiger partial charge in [-0.25, -0.2) is 15.2 Å². The number of methoxy groups -OCH3 is 2. The third-order valence-electron chi connectivity index (χ3n) is 7.13. The summed E-state index contributed by atoms with van der Waals surface area (Å²) in [6.45, 7) is 2.23. The van der Waals surface area contributed by atoms with Crippen molar-refractivity contribution in [3.63, 3.8) is 0 Å². The predicted octanol–water partition coefficient (Wildman–Crippen LogP) is 4.14. The molecule has 8 heteroatoms. The minimum atomic E-state index is -0.201. The van der Waals surface area contributed by atoms with Crippen LogP contribution in [0.3, 0.4) is 0 Å². The summed E-state index contributed by atoms with van der Waals surface area (Å²) in [7, 11) is 3.27. The molecule has 7 nitrogen and oxygen atoms in total. The molecule has 0 saturated carbocycles. The summed E-state index contributed by atoms with van der Waals surface area (Å²) in [5.74, 6) is 2.84. The van der Waals surface area contributed by atoms with Gasteiger partial charge in [0.15, 0.2) is 23.0 Å². The maximum atomic E-state index is 14.6. The minimum absolute atomic E-state index is 0.0178. The van der Waals surface area contributed by atoms with E-state index in [0.29, 0.717) is 36.8 Å². The van der Waals surface area contributed by atoms with Crippen LogP contribution in [0.15, 0.2) is 54.6 Å². The Kier molecular flexibility index (Phi) is 5.62. The highest BCUT2D eigenvalue weighted by molar-refractivity contribution is 5.66. The zero-order valence-corrected chi connectivity index (χ0v) is 19.7. The Balaban J connectivity index is 1.40. The fourth-order valence-electron chi connectivity index (χ4n) is 5.43. The molecule has 3 aliphatic rings. The van der Waals surface area contributed by atoms with Crippen molar-refractivity contribution < 1.29 is 23.3 Å². The van der Waals surface area contributed by atoms with Crippen molar-refractivity contribution in [2.45, 2.75) is 18.6 Å². The molecule has 3 unspecified atom stereocenters. The maximum Gasteiger partial charge on any atom is 0.163 e. The number of anilines is 1. The fraction of sp³-hybridized carbons (Fsp3) is 0.333. The van der Waals surface area contributed by atoms with Crippen LogP contribution in [0.25, 0.3) is 0 Å². The summed E-state index contributed by atoms with van der Waals surface area (Å²) in [5, 5.41) is 0. The second kappa shape index (κ2) is 8.94. The molecule has 0 amide bonds. The van der Waals surface area contributed by atoms with E-state index in [0.717, 1.165) is 34.9 Å². The molecule has 3 aromatic carbocycles. The lowest BCUT2D eigenvalue weighted by Gasteiger charge is -2.40. The summed E-state index contributed by atoms with van der Waals surface area (Å²) in [6, 6.07) is 17.1. The zero-order valence-electron chi connectivity index (χ0n) is 19.7. The molecule has 6 rings (SSSR count). The largest absolute Gasteiger partial charge is 0.493 e. The molecule has 0 radical (unpaired) electrons. The molecule has 1 fully saturated rings. The first-order valence-corrected chi connectivity index (χ1v) is 11.8. The van der Waals surface area contributed by atoms with Crippen LogP contribution in [-0.2, 0) is 6.54 Å². The van der Waals surface area contributed by atoms with Crippen LogP contribution in [-0.4, -0.2) is 34.0 Å². The van der Waals surface area contributed by atoms with Crippen molar-refractivity contribution in [3.05, 3.63) is 77.1 Å². The SMILES string of the molecule is COc1ccc(C2NNC3c4cc5c(cc4N(Cc4ccccc4F)CC23)OCCO5)cc1OC. The van der Waals surface area contributed by atoms with Crippen LogP contribution >= 0.6 is 0 Å². The standard InChI is InChI=1S/C27H28FN3O4/c1-32-22-8-7-16(11-23(22)33-2)26-19-15-31(14-17-5-3-4-6-20(17)28)21-13-25-24(34-9-10-35-25)12-18(21)27(19)30-29-26/h3-8,11-13,19,26-27,29-30H,9-10,14-15H2,1-2H3. The molecule has 0 bridgehead atoms. The van der Waals surface area contributed by atoms with Gasteiger partial charge in [0.2, 0.25) is 0 Å². The van der Waals surface area contributed by atoms with Gasteiger partial charge in [-0.1, -0.05) is 24.3 Å². The van der Waals surface area contributed by atoms with Gasteiger partial charge in [0, 0.05) is 36.3 Å². The van der Waals surface area contributed by atoms with Gasteiger partial charge >= 0.3 is 0 Å². The molecule has 182 valence electrons. The molecule has 2 N–H and O–H groups in total. The quantitative estimate of drug-likeness (QED) is 0.573. The molecule has 0 aliphatic carbocycles. The van der Waals surface area contributed by atoms with Crippen LogP contribution in [0.4, 0.5) is 10.1 Å². The number of hydrazine groups is 1. The number of halogens is 1. The van der Waals surface area contributed by atoms with Crippen molar-refractivity contribution in [2.24, 2.45) is 5.92 Å². The van der Waals surface area contributed by atoms with Gasteiger partial charge in [-0.2, -0.15) is 0 Å². The lowest BCUT2D eigenvalue weighted by molar-refractivity contribution is 0.171. The van der Waals surface area contributed by atoms with Gasteiger partial charge < -0.3 is 23.8 Å². The smallest absolute Gasteiger partial charge is 0.163 e. The summed E-state index contributed by atoms with van der Waals surface area (Å²) >= 11 is 0. The average molecular weight is 478 g/mol. The van der Waals surface area contributed by atoms with Crippen molar-refractivity contribution in [1.82, 2.24) is 10.9 Å². The Hall–Kier alpha value is -3.49. The van der Waals surface area contributed by atoms with E-state index in [1.807, 2.05) is 30.3 Å². The second-order valence-electron chi connectivity index (χ2n) is 9.05. The summed E-state index contributed by atoms with van der Waals surface area (Å²) in [4.78, 5) is 2.25. The fourth-order valence-corrected chi connectivity index (χ4v) is 5.43. The molecule has 1 saturated heterocycles. The van der Waals surface area contributed by atoms with Crippen molar-refractivity contribution in [1.29, 1.82) is 0 Å². The lowest BCUT2D eigenvalue weighted by Crippen LogP contribution is -2.39. The minimum Gasteiger partial charge on any atom is -0.493 e.